The minimum absolute atomic E-state index is 0.0898. The summed E-state index contributed by atoms with van der Waals surface area (Å²) >= 11 is 1.50. The number of aromatic nitrogens is 3. The van der Waals surface area contributed by atoms with Crippen molar-refractivity contribution in [3.05, 3.63) is 28.6 Å². The fraction of sp³-hybridized carbons (Fsp3) is 0.333. The summed E-state index contributed by atoms with van der Waals surface area (Å²) in [7, 11) is -1.99. The summed E-state index contributed by atoms with van der Waals surface area (Å²) in [6.07, 6.45) is 2.63. The van der Waals surface area contributed by atoms with Crippen molar-refractivity contribution in [2.45, 2.75) is 18.5 Å². The Balaban J connectivity index is 2.18. The van der Waals surface area contributed by atoms with Gasteiger partial charge in [-0.2, -0.15) is 4.31 Å². The van der Waals surface area contributed by atoms with E-state index < -0.39 is 10.0 Å². The van der Waals surface area contributed by atoms with E-state index in [0.717, 1.165) is 10.7 Å². The Morgan fingerprint density at radius 1 is 1.53 bits per heavy atom. The number of thiazole rings is 1. The Kier molecular flexibility index (Phi) is 3.27. The summed E-state index contributed by atoms with van der Waals surface area (Å²) < 4.78 is 25.3. The van der Waals surface area contributed by atoms with Gasteiger partial charge in [-0.1, -0.05) is 0 Å². The van der Waals surface area contributed by atoms with E-state index in [2.05, 4.69) is 15.0 Å². The maximum Gasteiger partial charge on any atom is 0.260 e. The first-order chi connectivity index (χ1) is 8.00. The van der Waals surface area contributed by atoms with Crippen molar-refractivity contribution >= 4 is 21.4 Å². The first-order valence-corrected chi connectivity index (χ1v) is 7.18. The van der Waals surface area contributed by atoms with Crippen LogP contribution in [-0.2, 0) is 16.6 Å². The normalized spacial score (nSPS) is 12.2. The lowest BCUT2D eigenvalue weighted by atomic mass is 10.5. The monoisotopic (exact) mass is 272 g/mol. The van der Waals surface area contributed by atoms with Gasteiger partial charge in [0.1, 0.15) is 0 Å². The summed E-state index contributed by atoms with van der Waals surface area (Å²) in [6, 6.07) is 0. The predicted octanol–water partition coefficient (Wildman–Crippen LogP) is 0.995. The average Bonchev–Trinajstić information content (AvgIpc) is 2.89. The van der Waals surface area contributed by atoms with Crippen molar-refractivity contribution in [1.29, 1.82) is 0 Å². The maximum absolute atomic E-state index is 12.0. The molecule has 6 nitrogen and oxygen atoms in total. The van der Waals surface area contributed by atoms with Crippen LogP contribution in [0.15, 0.2) is 22.9 Å². The molecule has 92 valence electrons. The number of hydrogen-bond donors (Lipinski definition) is 1. The first-order valence-electron chi connectivity index (χ1n) is 4.86. The van der Waals surface area contributed by atoms with E-state index in [9.17, 15) is 8.42 Å². The molecular formula is C9H12N4O2S2. The second-order valence-electron chi connectivity index (χ2n) is 3.53. The molecule has 1 N–H and O–H groups in total. The van der Waals surface area contributed by atoms with E-state index in [-0.39, 0.29) is 11.6 Å². The summed E-state index contributed by atoms with van der Waals surface area (Å²) in [6.45, 7) is 2.14. The molecule has 0 aliphatic rings. The number of rotatable bonds is 4. The van der Waals surface area contributed by atoms with Gasteiger partial charge < -0.3 is 4.98 Å². The SMILES string of the molecule is Cc1nc(CN(C)S(=O)(=O)c2cnc[nH]2)cs1. The highest BCUT2D eigenvalue weighted by molar-refractivity contribution is 7.89. The number of aryl methyl sites for hydroxylation is 1. The predicted molar refractivity (Wildman–Crippen MR) is 64.1 cm³/mol. The van der Waals surface area contributed by atoms with Crippen LogP contribution in [0.25, 0.3) is 0 Å². The molecule has 2 aromatic rings. The van der Waals surface area contributed by atoms with Crippen LogP contribution >= 0.6 is 11.3 Å². The molecule has 0 saturated carbocycles. The number of hydrogen-bond acceptors (Lipinski definition) is 5. The lowest BCUT2D eigenvalue weighted by molar-refractivity contribution is 0.460. The van der Waals surface area contributed by atoms with Crippen LogP contribution in [0.2, 0.25) is 0 Å². The number of nitrogens with one attached hydrogen (secondary N) is 1. The summed E-state index contributed by atoms with van der Waals surface area (Å²) in [4.78, 5) is 10.5. The van der Waals surface area contributed by atoms with Crippen molar-refractivity contribution in [1.82, 2.24) is 19.3 Å². The van der Waals surface area contributed by atoms with Crippen LogP contribution in [-0.4, -0.2) is 34.7 Å². The lowest BCUT2D eigenvalue weighted by Gasteiger charge is -2.14. The minimum Gasteiger partial charge on any atom is -0.335 e. The van der Waals surface area contributed by atoms with E-state index in [0.29, 0.717) is 0 Å². The van der Waals surface area contributed by atoms with Crippen molar-refractivity contribution in [2.75, 3.05) is 7.05 Å². The van der Waals surface area contributed by atoms with Gasteiger partial charge >= 0.3 is 0 Å². The summed E-state index contributed by atoms with van der Waals surface area (Å²) in [5, 5.41) is 2.87. The molecule has 0 bridgehead atoms. The summed E-state index contributed by atoms with van der Waals surface area (Å²) in [5.41, 5.74) is 0.748. The van der Waals surface area contributed by atoms with E-state index in [1.165, 1.54) is 35.2 Å². The van der Waals surface area contributed by atoms with Crippen molar-refractivity contribution < 1.29 is 8.42 Å². The lowest BCUT2D eigenvalue weighted by Crippen LogP contribution is -2.26. The van der Waals surface area contributed by atoms with Gasteiger partial charge in [0.25, 0.3) is 10.0 Å². The van der Waals surface area contributed by atoms with Gasteiger partial charge in [-0.15, -0.1) is 11.3 Å². The Bertz CT molecular complexity index is 588. The van der Waals surface area contributed by atoms with Gasteiger partial charge in [0.05, 0.1) is 29.8 Å². The van der Waals surface area contributed by atoms with E-state index in [4.69, 9.17) is 0 Å². The molecule has 0 fully saturated rings. The molecule has 0 aromatic carbocycles. The molecule has 0 radical (unpaired) electrons. The number of nitrogens with zero attached hydrogens (tertiary/aromatic N) is 3. The third-order valence-corrected chi connectivity index (χ3v) is 4.76. The van der Waals surface area contributed by atoms with Crippen LogP contribution in [0.4, 0.5) is 0 Å². The molecule has 2 rings (SSSR count). The van der Waals surface area contributed by atoms with Gasteiger partial charge in [0.15, 0.2) is 5.03 Å². The average molecular weight is 272 g/mol. The summed E-state index contributed by atoms with van der Waals surface area (Å²) in [5.74, 6) is 0. The first kappa shape index (κ1) is 12.2. The topological polar surface area (TPSA) is 79.0 Å². The van der Waals surface area contributed by atoms with Crippen LogP contribution < -0.4 is 0 Å². The Labute approximate surface area is 103 Å². The molecule has 0 atom stereocenters. The largest absolute Gasteiger partial charge is 0.335 e. The number of aromatic amines is 1. The zero-order chi connectivity index (χ0) is 12.5. The van der Waals surface area contributed by atoms with Crippen LogP contribution in [0.3, 0.4) is 0 Å². The van der Waals surface area contributed by atoms with Crippen molar-refractivity contribution in [3.8, 4) is 0 Å². The Morgan fingerprint density at radius 3 is 2.82 bits per heavy atom. The van der Waals surface area contributed by atoms with Crippen molar-refractivity contribution in [3.63, 3.8) is 0 Å². The number of sulfonamides is 1. The highest BCUT2D eigenvalue weighted by atomic mass is 32.2. The Morgan fingerprint density at radius 2 is 2.29 bits per heavy atom. The fourth-order valence-corrected chi connectivity index (χ4v) is 2.98. The van der Waals surface area contributed by atoms with Gasteiger partial charge in [-0.05, 0) is 6.92 Å². The van der Waals surface area contributed by atoms with Crippen LogP contribution in [0.1, 0.15) is 10.7 Å². The van der Waals surface area contributed by atoms with Crippen LogP contribution in [0.5, 0.6) is 0 Å². The molecule has 2 heterocycles. The molecule has 0 unspecified atom stereocenters. The molecule has 2 aromatic heterocycles. The second-order valence-corrected chi connectivity index (χ2v) is 6.61. The molecule has 0 spiro atoms. The maximum atomic E-state index is 12.0. The fourth-order valence-electron chi connectivity index (χ4n) is 1.35. The van der Waals surface area contributed by atoms with Gasteiger partial charge in [0, 0.05) is 12.4 Å². The number of H-pyrrole nitrogens is 1. The minimum atomic E-state index is -3.50. The third kappa shape index (κ3) is 2.54. The highest BCUT2D eigenvalue weighted by Gasteiger charge is 2.22. The van der Waals surface area contributed by atoms with Gasteiger partial charge in [-0.25, -0.2) is 18.4 Å². The van der Waals surface area contributed by atoms with E-state index in [1.807, 2.05) is 12.3 Å². The standard InChI is InChI=1S/C9H12N4O2S2/c1-7-12-8(5-16-7)4-13(2)17(14,15)9-3-10-6-11-9/h3,5-6H,4H2,1-2H3,(H,10,11). The molecule has 0 aliphatic carbocycles. The van der Waals surface area contributed by atoms with E-state index >= 15 is 0 Å². The molecule has 17 heavy (non-hydrogen) atoms. The highest BCUT2D eigenvalue weighted by Crippen LogP contribution is 2.15. The molecule has 0 aliphatic heterocycles. The Hall–Kier alpha value is -1.25. The smallest absolute Gasteiger partial charge is 0.260 e. The zero-order valence-corrected chi connectivity index (χ0v) is 11.0. The van der Waals surface area contributed by atoms with Gasteiger partial charge in [-0.3, -0.25) is 0 Å². The third-order valence-electron chi connectivity index (χ3n) is 2.21. The van der Waals surface area contributed by atoms with Crippen molar-refractivity contribution in [2.24, 2.45) is 0 Å². The van der Waals surface area contributed by atoms with Crippen LogP contribution in [0, 0.1) is 6.92 Å². The zero-order valence-electron chi connectivity index (χ0n) is 9.41. The molecule has 0 saturated heterocycles. The quantitative estimate of drug-likeness (QED) is 0.900. The molecule has 8 heteroatoms. The van der Waals surface area contributed by atoms with E-state index in [1.54, 1.807) is 0 Å². The number of imidazole rings is 1. The molecular weight excluding hydrogens is 260 g/mol. The second kappa shape index (κ2) is 4.55. The van der Waals surface area contributed by atoms with Gasteiger partial charge in [0.2, 0.25) is 0 Å². The molecule has 0 amide bonds.